The second-order valence-electron chi connectivity index (χ2n) is 11.7. The molecule has 3 fully saturated rings. The van der Waals surface area contributed by atoms with Crippen molar-refractivity contribution in [3.63, 3.8) is 0 Å². The van der Waals surface area contributed by atoms with E-state index >= 15 is 0 Å². The molecule has 8 atom stereocenters. The van der Waals surface area contributed by atoms with Crippen molar-refractivity contribution >= 4 is 36.1 Å². The van der Waals surface area contributed by atoms with Crippen molar-refractivity contribution in [3.8, 4) is 0 Å². The second-order valence-corrected chi connectivity index (χ2v) is 13.0. The molecule has 35 heavy (non-hydrogen) atoms. The Balaban J connectivity index is 1.66. The molecule has 3 unspecified atom stereocenters. The topological polar surface area (TPSA) is 63.6 Å². The van der Waals surface area contributed by atoms with Crippen LogP contribution in [0.4, 0.5) is 0 Å². The number of thioether (sulfide) groups is 1. The summed E-state index contributed by atoms with van der Waals surface area (Å²) in [5.74, 6) is 0.854. The second kappa shape index (κ2) is 9.90. The molecule has 6 heteroatoms. The zero-order chi connectivity index (χ0) is 25.6. The SMILES string of the molecule is C=C[C@]1(C)C[C@@H](OC(=O)CSc2cccc(CS)c2)[C@]2(C)C(C)CCC3(CCC(=O)C32)[C@@H](C)[C@@H]1O. The van der Waals surface area contributed by atoms with Crippen molar-refractivity contribution in [2.24, 2.45) is 34.0 Å². The van der Waals surface area contributed by atoms with Gasteiger partial charge in [-0.1, -0.05) is 45.9 Å². The third-order valence-corrected chi connectivity index (χ3v) is 11.3. The number of carbonyl (C=O) groups excluding carboxylic acids is 2. The van der Waals surface area contributed by atoms with Crippen LogP contribution >= 0.6 is 24.4 Å². The number of rotatable bonds is 6. The standard InChI is InChI=1S/C29H40O4S2/c1-6-27(4)15-23(33-24(31)17-35-21-9-7-8-20(14-21)16-34)28(5)18(2)10-12-29(19(3)26(27)32)13-11-22(30)25(28)29/h6-9,14,18-19,23,25-26,32,34H,1,10-13,15-17H2,2-5H3/t18?,19-,23+,25?,26-,27+,28-,29?/m0/s1. The van der Waals surface area contributed by atoms with Crippen LogP contribution in [-0.2, 0) is 20.1 Å². The zero-order valence-electron chi connectivity index (χ0n) is 21.5. The molecule has 0 spiro atoms. The molecule has 0 saturated heterocycles. The van der Waals surface area contributed by atoms with E-state index in [1.807, 2.05) is 37.3 Å². The first-order valence-electron chi connectivity index (χ1n) is 12.9. The zero-order valence-corrected chi connectivity index (χ0v) is 23.2. The number of Topliss-reactive ketones (excluding diaryl/α,β-unsaturated/α-hetero) is 1. The van der Waals surface area contributed by atoms with Gasteiger partial charge in [0.05, 0.1) is 11.9 Å². The van der Waals surface area contributed by atoms with Crippen LogP contribution < -0.4 is 0 Å². The third kappa shape index (κ3) is 4.42. The average Bonchev–Trinajstić information content (AvgIpc) is 3.21. The molecule has 3 aliphatic carbocycles. The van der Waals surface area contributed by atoms with Crippen molar-refractivity contribution in [2.45, 2.75) is 82.7 Å². The van der Waals surface area contributed by atoms with E-state index in [9.17, 15) is 14.7 Å². The molecule has 0 amide bonds. The van der Waals surface area contributed by atoms with Gasteiger partial charge in [-0.05, 0) is 60.6 Å². The lowest BCUT2D eigenvalue weighted by Gasteiger charge is -2.61. The van der Waals surface area contributed by atoms with Crippen molar-refractivity contribution in [2.75, 3.05) is 5.75 Å². The first-order chi connectivity index (χ1) is 16.5. The molecule has 3 aliphatic rings. The lowest BCUT2D eigenvalue weighted by atomic mass is 9.44. The normalized spacial score (nSPS) is 41.0. The highest BCUT2D eigenvalue weighted by molar-refractivity contribution is 8.00. The number of ether oxygens (including phenoxy) is 1. The highest BCUT2D eigenvalue weighted by Crippen LogP contribution is 2.68. The van der Waals surface area contributed by atoms with Gasteiger partial charge in [0.1, 0.15) is 11.9 Å². The fourth-order valence-electron chi connectivity index (χ4n) is 7.57. The number of esters is 1. The maximum atomic E-state index is 13.5. The maximum absolute atomic E-state index is 13.5. The van der Waals surface area contributed by atoms with Gasteiger partial charge in [-0.3, -0.25) is 9.59 Å². The number of aliphatic hydroxyl groups excluding tert-OH is 1. The smallest absolute Gasteiger partial charge is 0.316 e. The van der Waals surface area contributed by atoms with E-state index in [0.29, 0.717) is 18.6 Å². The number of carbonyl (C=O) groups is 2. The Bertz CT molecular complexity index is 995. The molecule has 2 bridgehead atoms. The fraction of sp³-hybridized carbons (Fsp3) is 0.655. The quantitative estimate of drug-likeness (QED) is 0.207. The summed E-state index contributed by atoms with van der Waals surface area (Å²) in [5.41, 5.74) is -0.233. The van der Waals surface area contributed by atoms with Gasteiger partial charge in [0.15, 0.2) is 0 Å². The molecule has 192 valence electrons. The Hall–Kier alpha value is -1.24. The van der Waals surface area contributed by atoms with E-state index in [0.717, 1.165) is 29.7 Å². The molecule has 1 N–H and O–H groups in total. The molecular weight excluding hydrogens is 476 g/mol. The molecule has 0 aromatic heterocycles. The average molecular weight is 517 g/mol. The van der Waals surface area contributed by atoms with Crippen LogP contribution in [0.3, 0.4) is 0 Å². The molecule has 4 nitrogen and oxygen atoms in total. The molecule has 1 aromatic rings. The predicted octanol–water partition coefficient (Wildman–Crippen LogP) is 6.12. The lowest BCUT2D eigenvalue weighted by molar-refractivity contribution is -0.205. The van der Waals surface area contributed by atoms with E-state index in [1.165, 1.54) is 11.8 Å². The summed E-state index contributed by atoms with van der Waals surface area (Å²) in [7, 11) is 0. The van der Waals surface area contributed by atoms with E-state index in [4.69, 9.17) is 4.74 Å². The molecule has 3 saturated carbocycles. The number of benzene rings is 1. The summed E-state index contributed by atoms with van der Waals surface area (Å²) < 4.78 is 6.31. The van der Waals surface area contributed by atoms with Gasteiger partial charge in [0, 0.05) is 33.8 Å². The highest BCUT2D eigenvalue weighted by Gasteiger charge is 2.68. The maximum Gasteiger partial charge on any atom is 0.316 e. The van der Waals surface area contributed by atoms with Crippen molar-refractivity contribution < 1.29 is 19.4 Å². The summed E-state index contributed by atoms with van der Waals surface area (Å²) in [5, 5.41) is 11.6. The summed E-state index contributed by atoms with van der Waals surface area (Å²) in [6.45, 7) is 12.6. The Labute approximate surface area is 220 Å². The van der Waals surface area contributed by atoms with Gasteiger partial charge in [-0.2, -0.15) is 12.6 Å². The highest BCUT2D eigenvalue weighted by atomic mass is 32.2. The largest absolute Gasteiger partial charge is 0.461 e. The van der Waals surface area contributed by atoms with Crippen LogP contribution in [0.5, 0.6) is 0 Å². The Morgan fingerprint density at radius 3 is 2.74 bits per heavy atom. The predicted molar refractivity (Wildman–Crippen MR) is 144 cm³/mol. The van der Waals surface area contributed by atoms with Gasteiger partial charge in [-0.15, -0.1) is 18.3 Å². The number of hydrogen-bond donors (Lipinski definition) is 2. The number of thiol groups is 1. The number of aliphatic hydroxyl groups is 1. The summed E-state index contributed by atoms with van der Waals surface area (Å²) in [4.78, 5) is 27.7. The van der Waals surface area contributed by atoms with Gasteiger partial charge in [0.25, 0.3) is 0 Å². The molecule has 4 rings (SSSR count). The van der Waals surface area contributed by atoms with Crippen LogP contribution in [0.2, 0.25) is 0 Å². The molecular formula is C29H40O4S2. The lowest BCUT2D eigenvalue weighted by Crippen LogP contribution is -2.63. The first kappa shape index (κ1) is 26.8. The number of hydrogen-bond acceptors (Lipinski definition) is 6. The van der Waals surface area contributed by atoms with Crippen molar-refractivity contribution in [1.82, 2.24) is 0 Å². The van der Waals surface area contributed by atoms with Crippen molar-refractivity contribution in [1.29, 1.82) is 0 Å². The van der Waals surface area contributed by atoms with Gasteiger partial charge in [-0.25, -0.2) is 0 Å². The molecule has 0 heterocycles. The van der Waals surface area contributed by atoms with Crippen LogP contribution in [0, 0.1) is 34.0 Å². The summed E-state index contributed by atoms with van der Waals surface area (Å²) >= 11 is 5.80. The Morgan fingerprint density at radius 1 is 1.31 bits per heavy atom. The van der Waals surface area contributed by atoms with Crippen LogP contribution in [0.15, 0.2) is 41.8 Å². The fourth-order valence-corrected chi connectivity index (χ4v) is 8.53. The van der Waals surface area contributed by atoms with E-state index < -0.39 is 23.0 Å². The van der Waals surface area contributed by atoms with Crippen LogP contribution in [0.1, 0.15) is 65.4 Å². The first-order valence-corrected chi connectivity index (χ1v) is 14.5. The summed E-state index contributed by atoms with van der Waals surface area (Å²) in [6.07, 6.45) is 4.45. The number of ketones is 1. The van der Waals surface area contributed by atoms with Gasteiger partial charge in [0.2, 0.25) is 0 Å². The van der Waals surface area contributed by atoms with Gasteiger partial charge >= 0.3 is 5.97 Å². The van der Waals surface area contributed by atoms with Gasteiger partial charge < -0.3 is 9.84 Å². The minimum Gasteiger partial charge on any atom is -0.461 e. The van der Waals surface area contributed by atoms with E-state index in [1.54, 1.807) is 0 Å². The molecule has 1 aromatic carbocycles. The Kier molecular flexibility index (Phi) is 7.59. The third-order valence-electron chi connectivity index (χ3n) is 10.0. The van der Waals surface area contributed by atoms with Crippen LogP contribution in [-0.4, -0.2) is 34.8 Å². The minimum atomic E-state index is -0.647. The molecule has 0 aliphatic heterocycles. The van der Waals surface area contributed by atoms with Crippen LogP contribution in [0.25, 0.3) is 0 Å². The van der Waals surface area contributed by atoms with E-state index in [-0.39, 0.29) is 40.7 Å². The minimum absolute atomic E-state index is 0.0277. The van der Waals surface area contributed by atoms with E-state index in [2.05, 4.69) is 40.0 Å². The molecule has 0 radical (unpaired) electrons. The summed E-state index contributed by atoms with van der Waals surface area (Å²) in [6, 6.07) is 8.03. The Morgan fingerprint density at radius 2 is 2.06 bits per heavy atom. The monoisotopic (exact) mass is 516 g/mol. The van der Waals surface area contributed by atoms with Crippen molar-refractivity contribution in [3.05, 3.63) is 42.5 Å².